The van der Waals surface area contributed by atoms with Crippen LogP contribution in [-0.4, -0.2) is 139 Å². The van der Waals surface area contributed by atoms with Crippen LogP contribution in [0.1, 0.15) is 119 Å². The Morgan fingerprint density at radius 3 is 2.30 bits per heavy atom. The van der Waals surface area contributed by atoms with Gasteiger partial charge >= 0.3 is 5.97 Å². The lowest BCUT2D eigenvalue weighted by atomic mass is 9.71. The Morgan fingerprint density at radius 2 is 1.55 bits per heavy atom. The Hall–Kier alpha value is -2.05. The number of allylic oxidation sites excluding steroid dienone is 2. The van der Waals surface area contributed by atoms with Crippen LogP contribution >= 0.6 is 0 Å². The second-order valence-electron chi connectivity index (χ2n) is 20.4. The van der Waals surface area contributed by atoms with Crippen LogP contribution in [0, 0.1) is 23.7 Å². The molecule has 1 spiro atoms. The summed E-state index contributed by atoms with van der Waals surface area (Å²) in [4.78, 5) is 14.5. The van der Waals surface area contributed by atoms with Crippen molar-refractivity contribution in [2.24, 2.45) is 23.7 Å². The zero-order chi connectivity index (χ0) is 45.5. The van der Waals surface area contributed by atoms with Crippen molar-refractivity contribution in [1.29, 1.82) is 0 Å². The Labute approximate surface area is 379 Å². The molecule has 6 heterocycles. The van der Waals surface area contributed by atoms with Gasteiger partial charge in [0.15, 0.2) is 18.4 Å². The predicted molar refractivity (Wildman–Crippen MR) is 235 cm³/mol. The number of carbonyl (C=O) groups is 1. The Kier molecular flexibility index (Phi) is 15.3. The van der Waals surface area contributed by atoms with Gasteiger partial charge in [-0.05, 0) is 81.9 Å². The molecule has 360 valence electrons. The molecule has 64 heavy (non-hydrogen) atoms. The Balaban J connectivity index is 1.08. The number of rotatable bonds is 7. The third kappa shape index (κ3) is 9.92. The number of methoxy groups -OCH3 is 2. The van der Waals surface area contributed by atoms with E-state index in [1.54, 1.807) is 40.2 Å². The number of esters is 1. The second-order valence-corrected chi connectivity index (χ2v) is 20.4. The number of hydrogen-bond donors (Lipinski definition) is 3. The van der Waals surface area contributed by atoms with E-state index in [2.05, 4.69) is 26.8 Å². The standard InChI is InChI=1S/C50H76O14/c1-27-13-12-16-34-26-57-47-42(51)30(4)21-37(50(34,47)54)48(53)60-36-22-35(63-49(25-36)20-19-29(3)45(64-49)33-14-10-9-11-15-33)18-17-28(2)44(27)61-41-24-39(56-8)46(32(6)59-41)62-40-23-38(55-7)43(52)31(5)58-40/h12-13,16-17,21,27,29,31-33,35-47,51-52,54H,9-11,14-15,18-20,22-26H2,1-8H3/t27-,29-,31-,32-,35+,36-,37-,38-,39-,40-,41-,42+,43-,44-,45-,46-,47+,49+,50+/m0/s1. The summed E-state index contributed by atoms with van der Waals surface area (Å²) in [5.74, 6) is -1.86. The third-order valence-corrected chi connectivity index (χ3v) is 15.8. The summed E-state index contributed by atoms with van der Waals surface area (Å²) in [6.45, 7) is 12.0. The maximum atomic E-state index is 14.5. The number of aliphatic hydroxyl groups excluding tert-OH is 2. The van der Waals surface area contributed by atoms with Crippen molar-refractivity contribution < 1.29 is 67.5 Å². The highest BCUT2D eigenvalue weighted by molar-refractivity contribution is 5.78. The fourth-order valence-corrected chi connectivity index (χ4v) is 12.1. The summed E-state index contributed by atoms with van der Waals surface area (Å²) < 4.78 is 64.4. The minimum atomic E-state index is -1.82. The molecule has 14 heteroatoms. The van der Waals surface area contributed by atoms with E-state index >= 15 is 0 Å². The lowest BCUT2D eigenvalue weighted by Crippen LogP contribution is -2.58. The van der Waals surface area contributed by atoms with Gasteiger partial charge in [-0.3, -0.25) is 4.79 Å². The van der Waals surface area contributed by atoms with Crippen molar-refractivity contribution in [3.8, 4) is 0 Å². The topological polar surface area (TPSA) is 170 Å². The molecule has 5 saturated heterocycles. The lowest BCUT2D eigenvalue weighted by molar-refractivity contribution is -0.342. The number of hydrogen-bond acceptors (Lipinski definition) is 14. The van der Waals surface area contributed by atoms with E-state index < -0.39 is 90.8 Å². The Bertz CT molecular complexity index is 1740. The molecule has 8 aliphatic rings. The number of fused-ring (bicyclic) bond motifs is 2. The molecule has 14 nitrogen and oxygen atoms in total. The van der Waals surface area contributed by atoms with Gasteiger partial charge in [-0.25, -0.2) is 0 Å². The summed E-state index contributed by atoms with van der Waals surface area (Å²) in [6, 6.07) is 0. The van der Waals surface area contributed by atoms with Gasteiger partial charge in [-0.1, -0.05) is 63.5 Å². The second kappa shape index (κ2) is 20.3. The van der Waals surface area contributed by atoms with Gasteiger partial charge in [0, 0.05) is 52.2 Å². The minimum absolute atomic E-state index is 0.0463. The highest BCUT2D eigenvalue weighted by Gasteiger charge is 2.60. The molecule has 0 amide bonds. The molecule has 0 radical (unpaired) electrons. The largest absolute Gasteiger partial charge is 0.462 e. The molecule has 2 aliphatic carbocycles. The van der Waals surface area contributed by atoms with Crippen molar-refractivity contribution in [1.82, 2.24) is 0 Å². The van der Waals surface area contributed by atoms with E-state index in [1.165, 1.54) is 19.3 Å². The fourth-order valence-electron chi connectivity index (χ4n) is 12.1. The Morgan fingerprint density at radius 1 is 0.828 bits per heavy atom. The molecule has 2 bridgehead atoms. The van der Waals surface area contributed by atoms with Crippen LogP contribution in [0.5, 0.6) is 0 Å². The van der Waals surface area contributed by atoms with E-state index in [1.807, 2.05) is 19.1 Å². The van der Waals surface area contributed by atoms with Gasteiger partial charge in [0.05, 0.1) is 49.3 Å². The van der Waals surface area contributed by atoms with Crippen LogP contribution in [0.2, 0.25) is 0 Å². The summed E-state index contributed by atoms with van der Waals surface area (Å²) in [5, 5.41) is 34.4. The quantitative estimate of drug-likeness (QED) is 0.197. The van der Waals surface area contributed by atoms with Crippen molar-refractivity contribution in [3.63, 3.8) is 0 Å². The first-order chi connectivity index (χ1) is 30.6. The summed E-state index contributed by atoms with van der Waals surface area (Å²) in [5.41, 5.74) is 0.221. The van der Waals surface area contributed by atoms with E-state index in [9.17, 15) is 20.1 Å². The number of carbonyl (C=O) groups excluding carboxylic acids is 1. The van der Waals surface area contributed by atoms with Crippen LogP contribution < -0.4 is 0 Å². The SMILES string of the molecule is CO[C@H]1C[C@H](O[C@H]2[C@H](C)O[C@@H](O[C@@H]3C(C)=CC[C@@H]4C[C@@H](C[C@]5(CC[C@H](C)[C@@H](C6CCCCC6)O5)O4)OC(=O)[C@@H]4C=C(C)[C@@H](O)[C@H]5OCC(=CC=C[C@@H]3C)[C@]54O)C[C@@H]2OC)O[C@@H](C)[C@@H]1O. The third-order valence-electron chi connectivity index (χ3n) is 15.8. The minimum Gasteiger partial charge on any atom is -0.462 e. The molecule has 0 aromatic rings. The highest BCUT2D eigenvalue weighted by Crippen LogP contribution is 2.49. The molecular weight excluding hydrogens is 825 g/mol. The first-order valence-corrected chi connectivity index (χ1v) is 24.3. The maximum absolute atomic E-state index is 14.5. The van der Waals surface area contributed by atoms with Crippen molar-refractivity contribution >= 4 is 5.97 Å². The first-order valence-electron chi connectivity index (χ1n) is 24.3. The average Bonchev–Trinajstić information content (AvgIpc) is 3.62. The van der Waals surface area contributed by atoms with Crippen molar-refractivity contribution in [2.45, 2.75) is 216 Å². The zero-order valence-electron chi connectivity index (χ0n) is 39.3. The summed E-state index contributed by atoms with van der Waals surface area (Å²) >= 11 is 0. The predicted octanol–water partition coefficient (Wildman–Crippen LogP) is 6.14. The lowest BCUT2D eigenvalue weighted by Gasteiger charge is -2.51. The first kappa shape index (κ1) is 48.4. The van der Waals surface area contributed by atoms with Gasteiger partial charge in [0.1, 0.15) is 42.0 Å². The van der Waals surface area contributed by atoms with E-state index in [0.717, 1.165) is 24.8 Å². The molecule has 19 atom stereocenters. The van der Waals surface area contributed by atoms with E-state index in [-0.39, 0.29) is 30.8 Å². The van der Waals surface area contributed by atoms with Crippen LogP contribution in [0.4, 0.5) is 0 Å². The van der Waals surface area contributed by atoms with Crippen LogP contribution in [0.15, 0.2) is 47.1 Å². The van der Waals surface area contributed by atoms with Crippen LogP contribution in [0.25, 0.3) is 0 Å². The monoisotopic (exact) mass is 901 g/mol. The molecule has 6 aliphatic heterocycles. The zero-order valence-corrected chi connectivity index (χ0v) is 39.3. The molecule has 6 fully saturated rings. The van der Waals surface area contributed by atoms with Gasteiger partial charge in [-0.2, -0.15) is 0 Å². The highest BCUT2D eigenvalue weighted by atomic mass is 16.7. The van der Waals surface area contributed by atoms with E-state index in [4.69, 9.17) is 47.4 Å². The van der Waals surface area contributed by atoms with Crippen molar-refractivity contribution in [3.05, 3.63) is 47.1 Å². The molecule has 0 aromatic carbocycles. The normalized spacial score (nSPS) is 47.3. The molecule has 0 aromatic heterocycles. The molecule has 0 unspecified atom stereocenters. The summed E-state index contributed by atoms with van der Waals surface area (Å²) in [6.07, 6.45) is 11.9. The molecular formula is C50H76O14. The van der Waals surface area contributed by atoms with Gasteiger partial charge < -0.3 is 62.7 Å². The van der Waals surface area contributed by atoms with E-state index in [0.29, 0.717) is 61.5 Å². The molecule has 1 saturated carbocycles. The van der Waals surface area contributed by atoms with Gasteiger partial charge in [-0.15, -0.1) is 0 Å². The van der Waals surface area contributed by atoms with Crippen LogP contribution in [-0.2, 0) is 52.2 Å². The summed E-state index contributed by atoms with van der Waals surface area (Å²) in [7, 11) is 3.24. The number of ether oxygens (including phenoxy) is 10. The molecule has 8 rings (SSSR count). The fraction of sp³-hybridized carbons (Fsp3) is 0.820. The van der Waals surface area contributed by atoms with Gasteiger partial charge in [0.2, 0.25) is 0 Å². The average molecular weight is 901 g/mol. The van der Waals surface area contributed by atoms with Crippen molar-refractivity contribution in [2.75, 3.05) is 20.8 Å². The van der Waals surface area contributed by atoms with Gasteiger partial charge in [0.25, 0.3) is 0 Å². The van der Waals surface area contributed by atoms with Crippen LogP contribution in [0.3, 0.4) is 0 Å². The maximum Gasteiger partial charge on any atom is 0.316 e. The number of aliphatic hydroxyl groups is 3. The molecule has 3 N–H and O–H groups in total. The smallest absolute Gasteiger partial charge is 0.316 e.